The van der Waals surface area contributed by atoms with Gasteiger partial charge in [0.1, 0.15) is 0 Å². The third-order valence-electron chi connectivity index (χ3n) is 2.63. The average Bonchev–Trinajstić information content (AvgIpc) is 2.29. The van der Waals surface area contributed by atoms with Crippen LogP contribution < -0.4 is 10.6 Å². The van der Waals surface area contributed by atoms with Crippen molar-refractivity contribution < 1.29 is 19.8 Å². The number of aliphatic hydroxyl groups is 1. The predicted octanol–water partition coefficient (Wildman–Crippen LogP) is -0.920. The molecule has 16 heavy (non-hydrogen) atoms. The zero-order chi connectivity index (χ0) is 12.0. The van der Waals surface area contributed by atoms with Crippen LogP contribution in [-0.2, 0) is 9.59 Å². The van der Waals surface area contributed by atoms with Crippen LogP contribution in [0.4, 0.5) is 0 Å². The lowest BCUT2D eigenvalue weighted by molar-refractivity contribution is -0.147. The zero-order valence-corrected chi connectivity index (χ0v) is 9.11. The Labute approximate surface area is 94.0 Å². The molecule has 0 aromatic carbocycles. The average molecular weight is 230 g/mol. The van der Waals surface area contributed by atoms with Crippen molar-refractivity contribution >= 4 is 11.9 Å². The van der Waals surface area contributed by atoms with Gasteiger partial charge in [-0.05, 0) is 19.4 Å². The van der Waals surface area contributed by atoms with Crippen LogP contribution in [0.5, 0.6) is 0 Å². The van der Waals surface area contributed by atoms with E-state index in [9.17, 15) is 9.59 Å². The minimum absolute atomic E-state index is 0.0355. The Bertz CT molecular complexity index is 251. The molecule has 0 bridgehead atoms. The topological polar surface area (TPSA) is 98.7 Å². The van der Waals surface area contributed by atoms with Crippen molar-refractivity contribution in [3.8, 4) is 0 Å². The molecular weight excluding hydrogens is 212 g/mol. The zero-order valence-electron chi connectivity index (χ0n) is 9.11. The fraction of sp³-hybridized carbons (Fsp3) is 0.800. The minimum atomic E-state index is -1.40. The predicted molar refractivity (Wildman–Crippen MR) is 56.9 cm³/mol. The van der Waals surface area contributed by atoms with E-state index in [-0.39, 0.29) is 24.9 Å². The summed E-state index contributed by atoms with van der Waals surface area (Å²) in [6.45, 7) is 1.03. The molecule has 92 valence electrons. The van der Waals surface area contributed by atoms with Gasteiger partial charge < -0.3 is 20.8 Å². The van der Waals surface area contributed by atoms with Crippen molar-refractivity contribution in [1.29, 1.82) is 0 Å². The molecule has 1 amide bonds. The van der Waals surface area contributed by atoms with Gasteiger partial charge in [0.15, 0.2) is 6.10 Å². The quantitative estimate of drug-likeness (QED) is 0.489. The highest BCUT2D eigenvalue weighted by atomic mass is 16.4. The highest BCUT2D eigenvalue weighted by molar-refractivity contribution is 5.81. The normalized spacial score (nSPS) is 22.4. The SMILES string of the molecule is O=C(NCC[C@H](O)C(=O)O)C1CCCCN1. The molecule has 1 rings (SSSR count). The number of hydrogen-bond acceptors (Lipinski definition) is 4. The second-order valence-electron chi connectivity index (χ2n) is 3.94. The third-order valence-corrected chi connectivity index (χ3v) is 2.63. The van der Waals surface area contributed by atoms with Crippen LogP contribution in [0, 0.1) is 0 Å². The van der Waals surface area contributed by atoms with Crippen molar-refractivity contribution in [2.75, 3.05) is 13.1 Å². The van der Waals surface area contributed by atoms with Gasteiger partial charge in [-0.25, -0.2) is 4.79 Å². The number of hydrogen-bond donors (Lipinski definition) is 4. The summed E-state index contributed by atoms with van der Waals surface area (Å²) < 4.78 is 0. The van der Waals surface area contributed by atoms with Gasteiger partial charge in [0, 0.05) is 13.0 Å². The van der Waals surface area contributed by atoms with E-state index in [2.05, 4.69) is 10.6 Å². The molecular formula is C10H18N2O4. The number of rotatable bonds is 5. The number of carboxylic acid groups (broad SMARTS) is 1. The van der Waals surface area contributed by atoms with Crippen LogP contribution in [-0.4, -0.2) is 47.3 Å². The lowest BCUT2D eigenvalue weighted by atomic mass is 10.0. The molecule has 6 nitrogen and oxygen atoms in total. The summed E-state index contributed by atoms with van der Waals surface area (Å²) in [5.74, 6) is -1.37. The molecule has 0 saturated carbocycles. The Kier molecular flexibility index (Phi) is 5.21. The van der Waals surface area contributed by atoms with Crippen LogP contribution >= 0.6 is 0 Å². The summed E-state index contributed by atoms with van der Waals surface area (Å²) >= 11 is 0. The largest absolute Gasteiger partial charge is 0.479 e. The number of piperidine rings is 1. The van der Waals surface area contributed by atoms with Crippen LogP contribution in [0.3, 0.4) is 0 Å². The molecule has 0 aromatic heterocycles. The summed E-state index contributed by atoms with van der Waals surface area (Å²) in [7, 11) is 0. The number of aliphatic carboxylic acids is 1. The number of carbonyl (C=O) groups excluding carboxylic acids is 1. The molecule has 1 aliphatic rings. The molecule has 4 N–H and O–H groups in total. The van der Waals surface area contributed by atoms with E-state index in [4.69, 9.17) is 10.2 Å². The van der Waals surface area contributed by atoms with Gasteiger partial charge in [-0.1, -0.05) is 6.42 Å². The summed E-state index contributed by atoms with van der Waals surface area (Å²) in [5, 5.41) is 23.1. The maximum atomic E-state index is 11.5. The summed E-state index contributed by atoms with van der Waals surface area (Å²) in [4.78, 5) is 21.8. The molecule has 6 heteroatoms. The van der Waals surface area contributed by atoms with Gasteiger partial charge in [0.25, 0.3) is 0 Å². The summed E-state index contributed by atoms with van der Waals surface area (Å²) in [5.41, 5.74) is 0. The van der Waals surface area contributed by atoms with E-state index in [1.54, 1.807) is 0 Å². The van der Waals surface area contributed by atoms with Crippen LogP contribution in [0.1, 0.15) is 25.7 Å². The van der Waals surface area contributed by atoms with Gasteiger partial charge >= 0.3 is 5.97 Å². The first kappa shape index (κ1) is 12.9. The van der Waals surface area contributed by atoms with Gasteiger partial charge in [0.2, 0.25) is 5.91 Å². The second kappa shape index (κ2) is 6.44. The Morgan fingerprint density at radius 2 is 2.19 bits per heavy atom. The summed E-state index contributed by atoms with van der Waals surface area (Å²) in [6, 6.07) is -0.171. The van der Waals surface area contributed by atoms with Crippen molar-refractivity contribution in [3.63, 3.8) is 0 Å². The molecule has 0 radical (unpaired) electrons. The number of nitrogens with one attached hydrogen (secondary N) is 2. The van der Waals surface area contributed by atoms with Crippen molar-refractivity contribution in [2.45, 2.75) is 37.8 Å². The Hall–Kier alpha value is -1.14. The molecule has 0 aromatic rings. The Morgan fingerprint density at radius 3 is 2.75 bits per heavy atom. The molecule has 1 unspecified atom stereocenters. The monoisotopic (exact) mass is 230 g/mol. The van der Waals surface area contributed by atoms with Crippen LogP contribution in [0.2, 0.25) is 0 Å². The molecule has 0 aliphatic carbocycles. The van der Waals surface area contributed by atoms with Crippen molar-refractivity contribution in [1.82, 2.24) is 10.6 Å². The van der Waals surface area contributed by atoms with Gasteiger partial charge in [-0.3, -0.25) is 4.79 Å². The summed E-state index contributed by atoms with van der Waals surface area (Å²) in [6.07, 6.45) is 1.56. The van der Waals surface area contributed by atoms with Crippen LogP contribution in [0.25, 0.3) is 0 Å². The lowest BCUT2D eigenvalue weighted by Gasteiger charge is -2.22. The fourth-order valence-corrected chi connectivity index (χ4v) is 1.65. The minimum Gasteiger partial charge on any atom is -0.479 e. The maximum absolute atomic E-state index is 11.5. The smallest absolute Gasteiger partial charge is 0.332 e. The fourth-order valence-electron chi connectivity index (χ4n) is 1.65. The first-order valence-corrected chi connectivity index (χ1v) is 5.53. The number of carbonyl (C=O) groups is 2. The van der Waals surface area contributed by atoms with Gasteiger partial charge in [-0.15, -0.1) is 0 Å². The van der Waals surface area contributed by atoms with Crippen molar-refractivity contribution in [3.05, 3.63) is 0 Å². The highest BCUT2D eigenvalue weighted by Crippen LogP contribution is 2.06. The van der Waals surface area contributed by atoms with E-state index in [0.717, 1.165) is 25.8 Å². The Morgan fingerprint density at radius 1 is 1.44 bits per heavy atom. The molecule has 1 aliphatic heterocycles. The third kappa shape index (κ3) is 4.16. The van der Waals surface area contributed by atoms with E-state index in [1.807, 2.05) is 0 Å². The number of amides is 1. The highest BCUT2D eigenvalue weighted by Gasteiger charge is 2.20. The van der Waals surface area contributed by atoms with Gasteiger partial charge in [0.05, 0.1) is 6.04 Å². The standard InChI is InChI=1S/C10H18N2O4/c13-8(10(15)16)4-6-12-9(14)7-3-1-2-5-11-7/h7-8,11,13H,1-6H2,(H,12,14)(H,15,16)/t7?,8-/m0/s1. The number of carboxylic acids is 1. The molecule has 0 spiro atoms. The van der Waals surface area contributed by atoms with Crippen molar-refractivity contribution in [2.24, 2.45) is 0 Å². The second-order valence-corrected chi connectivity index (χ2v) is 3.94. The lowest BCUT2D eigenvalue weighted by Crippen LogP contribution is -2.47. The van der Waals surface area contributed by atoms with E-state index >= 15 is 0 Å². The molecule has 2 atom stereocenters. The number of aliphatic hydroxyl groups excluding tert-OH is 1. The van der Waals surface area contributed by atoms with Crippen LogP contribution in [0.15, 0.2) is 0 Å². The molecule has 1 fully saturated rings. The van der Waals surface area contributed by atoms with Gasteiger partial charge in [-0.2, -0.15) is 0 Å². The molecule has 1 saturated heterocycles. The maximum Gasteiger partial charge on any atom is 0.332 e. The Balaban J connectivity index is 2.16. The van der Waals surface area contributed by atoms with E-state index in [1.165, 1.54) is 0 Å². The van der Waals surface area contributed by atoms with E-state index < -0.39 is 12.1 Å². The van der Waals surface area contributed by atoms with E-state index in [0.29, 0.717) is 0 Å². The first-order valence-electron chi connectivity index (χ1n) is 5.53. The first-order chi connectivity index (χ1) is 7.61. The molecule has 1 heterocycles.